The summed E-state index contributed by atoms with van der Waals surface area (Å²) in [6, 6.07) is 0.569. The second-order valence-corrected chi connectivity index (χ2v) is 5.12. The second kappa shape index (κ2) is 7.24. The van der Waals surface area contributed by atoms with Crippen LogP contribution in [0.3, 0.4) is 0 Å². The van der Waals surface area contributed by atoms with Crippen LogP contribution in [0, 0.1) is 11.8 Å². The van der Waals surface area contributed by atoms with Gasteiger partial charge >= 0.3 is 0 Å². The minimum absolute atomic E-state index is 0.569. The number of hydrogen-bond donors (Lipinski definition) is 2. The van der Waals surface area contributed by atoms with E-state index in [1.807, 2.05) is 0 Å². The van der Waals surface area contributed by atoms with Gasteiger partial charge in [0.1, 0.15) is 0 Å². The molecule has 1 saturated carbocycles. The van der Waals surface area contributed by atoms with Crippen molar-refractivity contribution in [3.05, 3.63) is 0 Å². The number of unbranched alkanes of at least 4 members (excludes halogenated alkanes) is 1. The number of rotatable bonds is 6. The van der Waals surface area contributed by atoms with Crippen LogP contribution in [-0.4, -0.2) is 6.04 Å². The molecule has 0 aliphatic heterocycles. The Balaban J connectivity index is 2.37. The normalized spacial score (nSPS) is 29.0. The van der Waals surface area contributed by atoms with Gasteiger partial charge in [-0.1, -0.05) is 46.0 Å². The van der Waals surface area contributed by atoms with Crippen LogP contribution in [-0.2, 0) is 0 Å². The molecule has 2 heteroatoms. The zero-order valence-electron chi connectivity index (χ0n) is 10.5. The molecule has 0 radical (unpaired) electrons. The summed E-state index contributed by atoms with van der Waals surface area (Å²) in [5.74, 6) is 7.47. The Morgan fingerprint density at radius 3 is 2.73 bits per heavy atom. The summed E-state index contributed by atoms with van der Waals surface area (Å²) < 4.78 is 0. The van der Waals surface area contributed by atoms with E-state index in [9.17, 15) is 0 Å². The molecule has 1 rings (SSSR count). The van der Waals surface area contributed by atoms with E-state index in [0.29, 0.717) is 6.04 Å². The van der Waals surface area contributed by atoms with Crippen molar-refractivity contribution in [1.29, 1.82) is 0 Å². The summed E-state index contributed by atoms with van der Waals surface area (Å²) in [5, 5.41) is 0. The van der Waals surface area contributed by atoms with E-state index in [4.69, 9.17) is 5.84 Å². The molecule has 0 aromatic carbocycles. The molecule has 2 nitrogen and oxygen atoms in total. The lowest BCUT2D eigenvalue weighted by atomic mass is 9.76. The Morgan fingerprint density at radius 2 is 2.13 bits per heavy atom. The smallest absolute Gasteiger partial charge is 0.0238 e. The van der Waals surface area contributed by atoms with Crippen LogP contribution >= 0.6 is 0 Å². The molecular formula is C13H28N2. The lowest BCUT2D eigenvalue weighted by molar-refractivity contribution is 0.200. The van der Waals surface area contributed by atoms with Crippen LogP contribution in [0.4, 0.5) is 0 Å². The minimum atomic E-state index is 0.569. The van der Waals surface area contributed by atoms with E-state index >= 15 is 0 Å². The summed E-state index contributed by atoms with van der Waals surface area (Å²) in [7, 11) is 0. The lowest BCUT2D eigenvalue weighted by Gasteiger charge is -2.34. The largest absolute Gasteiger partial charge is 0.271 e. The van der Waals surface area contributed by atoms with Gasteiger partial charge in [0.05, 0.1) is 0 Å². The SMILES string of the molecule is CCCCC(NN)C1CCCC(CC)C1. The van der Waals surface area contributed by atoms with Crippen molar-refractivity contribution >= 4 is 0 Å². The van der Waals surface area contributed by atoms with Gasteiger partial charge in [0.25, 0.3) is 0 Å². The average Bonchev–Trinajstić information content (AvgIpc) is 2.30. The third-order valence-electron chi connectivity index (χ3n) is 4.05. The maximum absolute atomic E-state index is 5.68. The molecule has 0 aromatic heterocycles. The van der Waals surface area contributed by atoms with Crippen LogP contribution in [0.25, 0.3) is 0 Å². The van der Waals surface area contributed by atoms with Crippen molar-refractivity contribution in [3.8, 4) is 0 Å². The fraction of sp³-hybridized carbons (Fsp3) is 1.00. The highest BCUT2D eigenvalue weighted by molar-refractivity contribution is 4.81. The van der Waals surface area contributed by atoms with Crippen molar-refractivity contribution in [1.82, 2.24) is 5.43 Å². The highest BCUT2D eigenvalue weighted by atomic mass is 15.2. The third kappa shape index (κ3) is 4.12. The van der Waals surface area contributed by atoms with Gasteiger partial charge in [0.2, 0.25) is 0 Å². The molecule has 3 unspecified atom stereocenters. The van der Waals surface area contributed by atoms with Gasteiger partial charge in [0, 0.05) is 6.04 Å². The monoisotopic (exact) mass is 212 g/mol. The van der Waals surface area contributed by atoms with Gasteiger partial charge in [-0.2, -0.15) is 0 Å². The molecule has 1 aliphatic carbocycles. The average molecular weight is 212 g/mol. The quantitative estimate of drug-likeness (QED) is 0.524. The first-order chi connectivity index (χ1) is 7.31. The molecule has 0 aromatic rings. The van der Waals surface area contributed by atoms with E-state index in [0.717, 1.165) is 11.8 Å². The molecule has 3 N–H and O–H groups in total. The fourth-order valence-corrected chi connectivity index (χ4v) is 2.95. The van der Waals surface area contributed by atoms with E-state index in [1.54, 1.807) is 0 Å². The first-order valence-electron chi connectivity index (χ1n) is 6.77. The third-order valence-corrected chi connectivity index (χ3v) is 4.05. The maximum atomic E-state index is 5.68. The van der Waals surface area contributed by atoms with Gasteiger partial charge in [-0.25, -0.2) is 0 Å². The molecular weight excluding hydrogens is 184 g/mol. The van der Waals surface area contributed by atoms with E-state index in [-0.39, 0.29) is 0 Å². The second-order valence-electron chi connectivity index (χ2n) is 5.12. The zero-order chi connectivity index (χ0) is 11.1. The van der Waals surface area contributed by atoms with Gasteiger partial charge in [0.15, 0.2) is 0 Å². The molecule has 0 heterocycles. The molecule has 1 aliphatic rings. The van der Waals surface area contributed by atoms with Crippen molar-refractivity contribution < 1.29 is 0 Å². The van der Waals surface area contributed by atoms with E-state index in [2.05, 4.69) is 19.3 Å². The number of nitrogens with one attached hydrogen (secondary N) is 1. The van der Waals surface area contributed by atoms with Gasteiger partial charge in [-0.15, -0.1) is 0 Å². The van der Waals surface area contributed by atoms with Crippen LogP contribution in [0.15, 0.2) is 0 Å². The molecule has 0 saturated heterocycles. The molecule has 15 heavy (non-hydrogen) atoms. The van der Waals surface area contributed by atoms with Gasteiger partial charge < -0.3 is 0 Å². The van der Waals surface area contributed by atoms with E-state index in [1.165, 1.54) is 51.4 Å². The van der Waals surface area contributed by atoms with Gasteiger partial charge in [-0.3, -0.25) is 11.3 Å². The van der Waals surface area contributed by atoms with Crippen LogP contribution in [0.5, 0.6) is 0 Å². The lowest BCUT2D eigenvalue weighted by Crippen LogP contribution is -2.42. The van der Waals surface area contributed by atoms with Gasteiger partial charge in [-0.05, 0) is 31.1 Å². The Bertz CT molecular complexity index is 159. The highest BCUT2D eigenvalue weighted by Crippen LogP contribution is 2.33. The molecule has 3 atom stereocenters. The zero-order valence-corrected chi connectivity index (χ0v) is 10.5. The first kappa shape index (κ1) is 13.0. The first-order valence-corrected chi connectivity index (χ1v) is 6.77. The van der Waals surface area contributed by atoms with Crippen LogP contribution in [0.1, 0.15) is 65.2 Å². The number of hydrogen-bond acceptors (Lipinski definition) is 2. The minimum Gasteiger partial charge on any atom is -0.271 e. The summed E-state index contributed by atoms with van der Waals surface area (Å²) in [6.45, 7) is 4.58. The topological polar surface area (TPSA) is 38.0 Å². The highest BCUT2D eigenvalue weighted by Gasteiger charge is 2.26. The number of hydrazine groups is 1. The Labute approximate surface area is 95.0 Å². The summed E-state index contributed by atoms with van der Waals surface area (Å²) in [5.41, 5.74) is 3.05. The van der Waals surface area contributed by atoms with Crippen LogP contribution in [0.2, 0.25) is 0 Å². The molecule has 0 bridgehead atoms. The standard InChI is InChI=1S/C13H28N2/c1-3-5-9-13(15-14)12-8-6-7-11(4-2)10-12/h11-13,15H,3-10,14H2,1-2H3. The number of nitrogens with two attached hydrogens (primary N) is 1. The Kier molecular flexibility index (Phi) is 6.26. The maximum Gasteiger partial charge on any atom is 0.0238 e. The van der Waals surface area contributed by atoms with Crippen molar-refractivity contribution in [2.45, 2.75) is 71.3 Å². The fourth-order valence-electron chi connectivity index (χ4n) is 2.95. The van der Waals surface area contributed by atoms with E-state index < -0.39 is 0 Å². The Morgan fingerprint density at radius 1 is 1.33 bits per heavy atom. The van der Waals surface area contributed by atoms with Crippen molar-refractivity contribution in [3.63, 3.8) is 0 Å². The Hall–Kier alpha value is -0.0800. The molecule has 0 amide bonds. The molecule has 1 fully saturated rings. The molecule has 90 valence electrons. The summed E-state index contributed by atoms with van der Waals surface area (Å²) in [4.78, 5) is 0. The summed E-state index contributed by atoms with van der Waals surface area (Å²) >= 11 is 0. The molecule has 0 spiro atoms. The van der Waals surface area contributed by atoms with Crippen molar-refractivity contribution in [2.75, 3.05) is 0 Å². The van der Waals surface area contributed by atoms with Crippen molar-refractivity contribution in [2.24, 2.45) is 17.7 Å². The summed E-state index contributed by atoms with van der Waals surface area (Å²) in [6.07, 6.45) is 10.8. The predicted molar refractivity (Wildman–Crippen MR) is 66.4 cm³/mol. The predicted octanol–water partition coefficient (Wildman–Crippen LogP) is 3.22. The van der Waals surface area contributed by atoms with Crippen LogP contribution < -0.4 is 11.3 Å².